The maximum atomic E-state index is 12.7. The van der Waals surface area contributed by atoms with Gasteiger partial charge in [0.25, 0.3) is 0 Å². The van der Waals surface area contributed by atoms with E-state index in [1.54, 1.807) is 11.1 Å². The predicted octanol–water partition coefficient (Wildman–Crippen LogP) is 6.82. The van der Waals surface area contributed by atoms with Gasteiger partial charge in [-0.15, -0.1) is 0 Å². The molecule has 1 aromatic carbocycles. The van der Waals surface area contributed by atoms with E-state index < -0.39 is 5.60 Å². The van der Waals surface area contributed by atoms with Crippen LogP contribution < -0.4 is 4.74 Å². The zero-order chi connectivity index (χ0) is 27.7. The third-order valence-corrected chi connectivity index (χ3v) is 7.48. The van der Waals surface area contributed by atoms with Crippen LogP contribution in [0.2, 0.25) is 0 Å². The van der Waals surface area contributed by atoms with Gasteiger partial charge in [0.15, 0.2) is 0 Å². The standard InChI is InChI=1S/C32H36N4O4/c1-32(2,3)40-31(37)36-15-12-21-6-8-26(18-23(21)20-36)39-28-11-14-34-30-29(28)27(19-35-30)22-10-13-33-24(17-22)7-9-25-5-4-16-38-25/h6,8,10-11,13-14,17-19,25H,4-5,7,9,12,15-16,20H2,1-3H3,(H,34,35)/t25-/m1/s1. The number of fused-ring (bicyclic) bond motifs is 2. The Balaban J connectivity index is 1.24. The highest BCUT2D eigenvalue weighted by molar-refractivity contribution is 5.98. The summed E-state index contributed by atoms with van der Waals surface area (Å²) in [7, 11) is 0. The molecule has 6 rings (SSSR count). The molecule has 0 bridgehead atoms. The highest BCUT2D eigenvalue weighted by atomic mass is 16.6. The summed E-state index contributed by atoms with van der Waals surface area (Å²) in [6.45, 7) is 7.66. The number of aromatic nitrogens is 3. The molecule has 1 amide bonds. The van der Waals surface area contributed by atoms with Gasteiger partial charge in [-0.3, -0.25) is 4.98 Å². The molecule has 1 fully saturated rings. The highest BCUT2D eigenvalue weighted by Crippen LogP contribution is 2.37. The fourth-order valence-electron chi connectivity index (χ4n) is 5.51. The summed E-state index contributed by atoms with van der Waals surface area (Å²) in [5.74, 6) is 1.44. The summed E-state index contributed by atoms with van der Waals surface area (Å²) in [5, 5.41) is 0.923. The van der Waals surface area contributed by atoms with Crippen LogP contribution in [-0.2, 0) is 28.9 Å². The van der Waals surface area contributed by atoms with Gasteiger partial charge in [0.1, 0.15) is 22.7 Å². The van der Waals surface area contributed by atoms with Crippen molar-refractivity contribution in [1.29, 1.82) is 0 Å². The van der Waals surface area contributed by atoms with Crippen molar-refractivity contribution < 1.29 is 19.0 Å². The second-order valence-electron chi connectivity index (χ2n) is 11.6. The predicted molar refractivity (Wildman–Crippen MR) is 153 cm³/mol. The summed E-state index contributed by atoms with van der Waals surface area (Å²) in [6.07, 6.45) is 10.6. The number of nitrogens with zero attached hydrogens (tertiary/aromatic N) is 3. The molecule has 5 heterocycles. The van der Waals surface area contributed by atoms with Gasteiger partial charge in [0, 0.05) is 49.5 Å². The lowest BCUT2D eigenvalue weighted by Crippen LogP contribution is -2.39. The lowest BCUT2D eigenvalue weighted by molar-refractivity contribution is 0.0224. The molecule has 8 heteroatoms. The average Bonchev–Trinajstić information content (AvgIpc) is 3.62. The van der Waals surface area contributed by atoms with Gasteiger partial charge < -0.3 is 24.1 Å². The minimum atomic E-state index is -0.525. The minimum absolute atomic E-state index is 0.287. The van der Waals surface area contributed by atoms with Gasteiger partial charge in [0.2, 0.25) is 0 Å². The number of amides is 1. The van der Waals surface area contributed by atoms with E-state index in [9.17, 15) is 4.79 Å². The molecule has 0 unspecified atom stereocenters. The van der Waals surface area contributed by atoms with Crippen LogP contribution in [0.1, 0.15) is 56.9 Å². The fourth-order valence-corrected chi connectivity index (χ4v) is 5.51. The Hall–Kier alpha value is -3.91. The number of hydrogen-bond donors (Lipinski definition) is 1. The van der Waals surface area contributed by atoms with E-state index in [0.29, 0.717) is 19.2 Å². The largest absolute Gasteiger partial charge is 0.457 e. The van der Waals surface area contributed by atoms with Crippen LogP contribution in [0, 0.1) is 0 Å². The van der Waals surface area contributed by atoms with Crippen LogP contribution in [0.4, 0.5) is 4.79 Å². The Labute approximate surface area is 234 Å². The number of benzene rings is 1. The van der Waals surface area contributed by atoms with Crippen molar-refractivity contribution in [3.63, 3.8) is 0 Å². The van der Waals surface area contributed by atoms with Crippen LogP contribution in [0.5, 0.6) is 11.5 Å². The molecule has 0 aliphatic carbocycles. The first-order valence-corrected chi connectivity index (χ1v) is 14.1. The molecule has 40 heavy (non-hydrogen) atoms. The minimum Gasteiger partial charge on any atom is -0.457 e. The van der Waals surface area contributed by atoms with Crippen molar-refractivity contribution in [2.24, 2.45) is 0 Å². The average molecular weight is 541 g/mol. The number of nitrogens with one attached hydrogen (secondary N) is 1. The van der Waals surface area contributed by atoms with Gasteiger partial charge >= 0.3 is 6.09 Å². The first kappa shape index (κ1) is 26.3. The molecule has 0 saturated carbocycles. The number of aromatic amines is 1. The lowest BCUT2D eigenvalue weighted by atomic mass is 9.99. The number of carbonyl (C=O) groups excluding carboxylic acids is 1. The molecule has 0 radical (unpaired) electrons. The van der Waals surface area contributed by atoms with Crippen molar-refractivity contribution >= 4 is 17.1 Å². The Morgan fingerprint density at radius 2 is 2.00 bits per heavy atom. The van der Waals surface area contributed by atoms with Crippen LogP contribution in [0.25, 0.3) is 22.2 Å². The van der Waals surface area contributed by atoms with Crippen LogP contribution >= 0.6 is 0 Å². The highest BCUT2D eigenvalue weighted by Gasteiger charge is 2.26. The van der Waals surface area contributed by atoms with E-state index in [1.165, 1.54) is 5.56 Å². The summed E-state index contributed by atoms with van der Waals surface area (Å²) < 4.78 is 17.9. The molecule has 2 aliphatic rings. The van der Waals surface area contributed by atoms with E-state index in [2.05, 4.69) is 27.1 Å². The second kappa shape index (κ2) is 10.9. The van der Waals surface area contributed by atoms with Crippen LogP contribution in [0.3, 0.4) is 0 Å². The molecular weight excluding hydrogens is 504 g/mol. The number of rotatable bonds is 6. The molecule has 3 aromatic heterocycles. The first-order chi connectivity index (χ1) is 19.3. The number of pyridine rings is 2. The zero-order valence-electron chi connectivity index (χ0n) is 23.4. The molecular formula is C32H36N4O4. The van der Waals surface area contributed by atoms with E-state index in [-0.39, 0.29) is 6.09 Å². The van der Waals surface area contributed by atoms with Crippen LogP contribution in [-0.4, -0.2) is 50.8 Å². The lowest BCUT2D eigenvalue weighted by Gasteiger charge is -2.31. The monoisotopic (exact) mass is 540 g/mol. The Morgan fingerprint density at radius 1 is 1.12 bits per heavy atom. The summed E-state index contributed by atoms with van der Waals surface area (Å²) in [4.78, 5) is 26.9. The Morgan fingerprint density at radius 3 is 2.83 bits per heavy atom. The van der Waals surface area contributed by atoms with Gasteiger partial charge in [-0.1, -0.05) is 6.07 Å². The normalized spacial score (nSPS) is 17.2. The smallest absolute Gasteiger partial charge is 0.410 e. The topological polar surface area (TPSA) is 89.6 Å². The number of hydrogen-bond acceptors (Lipinski definition) is 6. The van der Waals surface area contributed by atoms with E-state index in [1.807, 2.05) is 57.4 Å². The van der Waals surface area contributed by atoms with E-state index >= 15 is 0 Å². The third-order valence-electron chi connectivity index (χ3n) is 7.48. The number of H-pyrrole nitrogens is 1. The van der Waals surface area contributed by atoms with Gasteiger partial charge in [0.05, 0.1) is 11.5 Å². The first-order valence-electron chi connectivity index (χ1n) is 14.1. The van der Waals surface area contributed by atoms with E-state index in [0.717, 1.165) is 83.6 Å². The number of carbonyl (C=O) groups is 1. The Kier molecular flexibility index (Phi) is 7.19. The molecule has 8 nitrogen and oxygen atoms in total. The quantitative estimate of drug-likeness (QED) is 0.289. The zero-order valence-corrected chi connectivity index (χ0v) is 23.4. The fraction of sp³-hybridized carbons (Fsp3) is 0.406. The molecule has 1 saturated heterocycles. The number of aryl methyl sites for hydroxylation is 1. The van der Waals surface area contributed by atoms with Gasteiger partial charge in [-0.2, -0.15) is 0 Å². The Bertz CT molecular complexity index is 1520. The maximum absolute atomic E-state index is 12.7. The van der Waals surface area contributed by atoms with Gasteiger partial charge in [-0.05, 0) is 99.9 Å². The summed E-state index contributed by atoms with van der Waals surface area (Å²) in [6, 6.07) is 12.2. The van der Waals surface area contributed by atoms with Crippen molar-refractivity contribution in [1.82, 2.24) is 19.9 Å². The molecule has 2 aliphatic heterocycles. The second-order valence-corrected chi connectivity index (χ2v) is 11.6. The maximum Gasteiger partial charge on any atom is 0.410 e. The number of ether oxygens (including phenoxy) is 3. The van der Waals surface area contributed by atoms with Crippen molar-refractivity contribution in [3.05, 3.63) is 71.8 Å². The third kappa shape index (κ3) is 5.82. The summed E-state index contributed by atoms with van der Waals surface area (Å²) >= 11 is 0. The molecule has 0 spiro atoms. The van der Waals surface area contributed by atoms with Gasteiger partial charge in [-0.25, -0.2) is 9.78 Å². The molecule has 208 valence electrons. The van der Waals surface area contributed by atoms with Crippen LogP contribution in [0.15, 0.2) is 55.0 Å². The SMILES string of the molecule is CC(C)(C)OC(=O)N1CCc2ccc(Oc3ccnc4[nH]cc(-c5ccnc(CC[C@H]6CCCO6)c5)c34)cc2C1. The summed E-state index contributed by atoms with van der Waals surface area (Å²) in [5.41, 5.74) is 5.68. The molecule has 1 atom stereocenters. The molecule has 4 aromatic rings. The van der Waals surface area contributed by atoms with Crippen molar-refractivity contribution in [2.45, 2.75) is 71.1 Å². The molecule has 1 N–H and O–H groups in total. The van der Waals surface area contributed by atoms with Crippen molar-refractivity contribution in [2.75, 3.05) is 13.2 Å². The van der Waals surface area contributed by atoms with Crippen molar-refractivity contribution in [3.8, 4) is 22.6 Å². The van der Waals surface area contributed by atoms with E-state index in [4.69, 9.17) is 14.2 Å².